The van der Waals surface area contributed by atoms with Gasteiger partial charge in [0.15, 0.2) is 0 Å². The van der Waals surface area contributed by atoms with Crippen molar-refractivity contribution in [2.75, 3.05) is 0 Å². The lowest BCUT2D eigenvalue weighted by Crippen LogP contribution is -2.21. The maximum Gasteiger partial charge on any atom is 0.272 e. The zero-order valence-corrected chi connectivity index (χ0v) is 10.4. The second-order valence-corrected chi connectivity index (χ2v) is 5.06. The molecule has 1 aliphatic carbocycles. The maximum atomic E-state index is 11.0. The van der Waals surface area contributed by atoms with E-state index in [1.165, 1.54) is 0 Å². The van der Waals surface area contributed by atoms with Gasteiger partial charge in [0, 0.05) is 11.6 Å². The van der Waals surface area contributed by atoms with Crippen molar-refractivity contribution in [2.24, 2.45) is 5.92 Å². The van der Waals surface area contributed by atoms with Crippen LogP contribution in [0.2, 0.25) is 0 Å². The molecule has 2 rings (SSSR count). The van der Waals surface area contributed by atoms with Crippen molar-refractivity contribution in [2.45, 2.75) is 44.6 Å². The van der Waals surface area contributed by atoms with Crippen LogP contribution in [0, 0.1) is 16.0 Å². The quantitative estimate of drug-likeness (QED) is 0.508. The van der Waals surface area contributed by atoms with E-state index in [0.29, 0.717) is 6.42 Å². The molecule has 0 saturated heterocycles. The van der Waals surface area contributed by atoms with Gasteiger partial charge < -0.3 is 5.11 Å². The molecule has 0 amide bonds. The van der Waals surface area contributed by atoms with Crippen molar-refractivity contribution >= 4 is 5.69 Å². The molecule has 2 unspecified atom stereocenters. The molecule has 0 aromatic heterocycles. The minimum Gasteiger partial charge on any atom is -0.393 e. The highest BCUT2D eigenvalue weighted by Crippen LogP contribution is 2.29. The number of nitro groups is 1. The Morgan fingerprint density at radius 1 is 1.22 bits per heavy atom. The number of nitro benzene ring substituents is 1. The maximum absolute atomic E-state index is 11.0. The molecule has 4 heteroatoms. The van der Waals surface area contributed by atoms with Crippen LogP contribution < -0.4 is 0 Å². The van der Waals surface area contributed by atoms with Crippen LogP contribution in [-0.4, -0.2) is 16.1 Å². The number of aliphatic hydroxyl groups is 1. The summed E-state index contributed by atoms with van der Waals surface area (Å²) in [5, 5.41) is 21.0. The van der Waals surface area contributed by atoms with Gasteiger partial charge in [0.05, 0.1) is 11.0 Å². The fourth-order valence-electron chi connectivity index (χ4n) is 2.75. The Kier molecular flexibility index (Phi) is 4.31. The molecule has 2 atom stereocenters. The molecule has 4 nitrogen and oxygen atoms in total. The SMILES string of the molecule is O=[N+]([O-])c1ccccc1CC1CCCCCC1O. The Morgan fingerprint density at radius 2 is 1.94 bits per heavy atom. The van der Waals surface area contributed by atoms with E-state index in [-0.39, 0.29) is 22.6 Å². The third-order valence-electron chi connectivity index (χ3n) is 3.79. The number of benzene rings is 1. The van der Waals surface area contributed by atoms with Gasteiger partial charge in [-0.15, -0.1) is 0 Å². The predicted molar refractivity (Wildman–Crippen MR) is 69.4 cm³/mol. The lowest BCUT2D eigenvalue weighted by Gasteiger charge is -2.20. The third-order valence-corrected chi connectivity index (χ3v) is 3.79. The highest BCUT2D eigenvalue weighted by Gasteiger charge is 2.24. The first-order chi connectivity index (χ1) is 8.68. The number of aliphatic hydroxyl groups excluding tert-OH is 1. The van der Waals surface area contributed by atoms with Gasteiger partial charge in [-0.05, 0) is 25.2 Å². The van der Waals surface area contributed by atoms with Crippen LogP contribution in [0.25, 0.3) is 0 Å². The van der Waals surface area contributed by atoms with Gasteiger partial charge in [-0.2, -0.15) is 0 Å². The largest absolute Gasteiger partial charge is 0.393 e. The standard InChI is InChI=1S/C14H19NO3/c16-14-9-3-1-2-7-12(14)10-11-6-4-5-8-13(11)15(17)18/h4-6,8,12,14,16H,1-3,7,9-10H2. The van der Waals surface area contributed by atoms with E-state index in [4.69, 9.17) is 0 Å². The lowest BCUT2D eigenvalue weighted by molar-refractivity contribution is -0.385. The first kappa shape index (κ1) is 13.0. The second-order valence-electron chi connectivity index (χ2n) is 5.06. The Labute approximate surface area is 107 Å². The van der Waals surface area contributed by atoms with Crippen molar-refractivity contribution < 1.29 is 10.0 Å². The van der Waals surface area contributed by atoms with Crippen LogP contribution in [0.4, 0.5) is 5.69 Å². The number of rotatable bonds is 3. The normalized spacial score (nSPS) is 24.5. The number of para-hydroxylation sites is 1. The third kappa shape index (κ3) is 3.07. The molecule has 0 bridgehead atoms. The van der Waals surface area contributed by atoms with E-state index < -0.39 is 0 Å². The minimum atomic E-state index is -0.335. The van der Waals surface area contributed by atoms with E-state index in [1.807, 2.05) is 6.07 Å². The summed E-state index contributed by atoms with van der Waals surface area (Å²) in [6, 6.07) is 6.85. The van der Waals surface area contributed by atoms with Crippen LogP contribution in [-0.2, 0) is 6.42 Å². The molecular formula is C14H19NO3. The first-order valence-corrected chi connectivity index (χ1v) is 6.59. The molecule has 1 saturated carbocycles. The van der Waals surface area contributed by atoms with Gasteiger partial charge in [0.1, 0.15) is 0 Å². The fraction of sp³-hybridized carbons (Fsp3) is 0.571. The summed E-state index contributed by atoms with van der Waals surface area (Å²) in [7, 11) is 0. The Bertz CT molecular complexity index is 419. The van der Waals surface area contributed by atoms with E-state index in [2.05, 4.69) is 0 Å². The molecular weight excluding hydrogens is 230 g/mol. The molecule has 18 heavy (non-hydrogen) atoms. The van der Waals surface area contributed by atoms with Crippen LogP contribution >= 0.6 is 0 Å². The van der Waals surface area contributed by atoms with E-state index in [1.54, 1.807) is 18.2 Å². The van der Waals surface area contributed by atoms with Crippen LogP contribution in [0.1, 0.15) is 37.7 Å². The Balaban J connectivity index is 2.14. The van der Waals surface area contributed by atoms with E-state index in [0.717, 1.165) is 37.7 Å². The molecule has 1 N–H and O–H groups in total. The first-order valence-electron chi connectivity index (χ1n) is 6.59. The van der Waals surface area contributed by atoms with Gasteiger partial charge in [0.25, 0.3) is 5.69 Å². The van der Waals surface area contributed by atoms with Crippen molar-refractivity contribution in [3.63, 3.8) is 0 Å². The zero-order chi connectivity index (χ0) is 13.0. The van der Waals surface area contributed by atoms with E-state index >= 15 is 0 Å². The van der Waals surface area contributed by atoms with E-state index in [9.17, 15) is 15.2 Å². The summed E-state index contributed by atoms with van der Waals surface area (Å²) in [6.45, 7) is 0. The Hall–Kier alpha value is -1.42. The summed E-state index contributed by atoms with van der Waals surface area (Å²) in [5.41, 5.74) is 0.919. The molecule has 98 valence electrons. The highest BCUT2D eigenvalue weighted by molar-refractivity contribution is 5.40. The van der Waals surface area contributed by atoms with Crippen molar-refractivity contribution in [3.05, 3.63) is 39.9 Å². The summed E-state index contributed by atoms with van der Waals surface area (Å²) in [6.07, 6.45) is 5.42. The topological polar surface area (TPSA) is 63.4 Å². The summed E-state index contributed by atoms with van der Waals surface area (Å²) >= 11 is 0. The van der Waals surface area contributed by atoms with Gasteiger partial charge in [0.2, 0.25) is 0 Å². The summed E-state index contributed by atoms with van der Waals surface area (Å²) in [5.74, 6) is 0.161. The van der Waals surface area contributed by atoms with Gasteiger partial charge in [-0.25, -0.2) is 0 Å². The molecule has 1 aromatic rings. The van der Waals surface area contributed by atoms with Gasteiger partial charge >= 0.3 is 0 Å². The predicted octanol–water partition coefficient (Wildman–Crippen LogP) is 3.08. The average Bonchev–Trinajstić information content (AvgIpc) is 2.55. The molecule has 0 spiro atoms. The second kappa shape index (κ2) is 5.96. The molecule has 1 fully saturated rings. The molecule has 0 aliphatic heterocycles. The van der Waals surface area contributed by atoms with Gasteiger partial charge in [-0.3, -0.25) is 10.1 Å². The number of nitrogens with zero attached hydrogens (tertiary/aromatic N) is 1. The van der Waals surface area contributed by atoms with Gasteiger partial charge in [-0.1, -0.05) is 37.5 Å². The molecule has 1 aliphatic rings. The van der Waals surface area contributed by atoms with Crippen LogP contribution in [0.3, 0.4) is 0 Å². The average molecular weight is 249 g/mol. The number of hydrogen-bond acceptors (Lipinski definition) is 3. The van der Waals surface area contributed by atoms with Crippen LogP contribution in [0.5, 0.6) is 0 Å². The smallest absolute Gasteiger partial charge is 0.272 e. The fourth-order valence-corrected chi connectivity index (χ4v) is 2.75. The Morgan fingerprint density at radius 3 is 2.72 bits per heavy atom. The molecule has 0 heterocycles. The highest BCUT2D eigenvalue weighted by atomic mass is 16.6. The van der Waals surface area contributed by atoms with Crippen molar-refractivity contribution in [3.8, 4) is 0 Å². The summed E-state index contributed by atoms with van der Waals surface area (Å²) in [4.78, 5) is 10.6. The summed E-state index contributed by atoms with van der Waals surface area (Å²) < 4.78 is 0. The van der Waals surface area contributed by atoms with Crippen LogP contribution in [0.15, 0.2) is 24.3 Å². The number of hydrogen-bond donors (Lipinski definition) is 1. The van der Waals surface area contributed by atoms with Crippen molar-refractivity contribution in [1.82, 2.24) is 0 Å². The molecule has 0 radical (unpaired) electrons. The molecule has 1 aromatic carbocycles. The van der Waals surface area contributed by atoms with Crippen molar-refractivity contribution in [1.29, 1.82) is 0 Å². The minimum absolute atomic E-state index is 0.161. The monoisotopic (exact) mass is 249 g/mol. The lowest BCUT2D eigenvalue weighted by atomic mass is 9.89. The zero-order valence-electron chi connectivity index (χ0n) is 10.4.